The third kappa shape index (κ3) is 3.44. The standard InChI is InChI=1S/C22H17NO3S2/c1-2-26-22(25)20-17(19-8-5-11-27-19)13-28-21(20)23-12-16-15-7-4-3-6-14(15)9-10-18(16)24/h3-13,24H,2H2,1H3. The van der Waals surface area contributed by atoms with Gasteiger partial charge in [-0.05, 0) is 35.2 Å². The number of thiophene rings is 2. The molecule has 4 rings (SSSR count). The molecule has 0 saturated heterocycles. The van der Waals surface area contributed by atoms with Gasteiger partial charge in [-0.2, -0.15) is 0 Å². The van der Waals surface area contributed by atoms with Crippen molar-refractivity contribution in [1.29, 1.82) is 0 Å². The lowest BCUT2D eigenvalue weighted by molar-refractivity contribution is 0.0529. The molecule has 0 atom stereocenters. The van der Waals surface area contributed by atoms with Crippen molar-refractivity contribution in [3.63, 3.8) is 0 Å². The first kappa shape index (κ1) is 18.4. The van der Waals surface area contributed by atoms with Crippen LogP contribution in [0.25, 0.3) is 21.2 Å². The van der Waals surface area contributed by atoms with Gasteiger partial charge in [-0.3, -0.25) is 0 Å². The number of phenols is 1. The maximum atomic E-state index is 12.6. The van der Waals surface area contributed by atoms with E-state index in [0.717, 1.165) is 21.2 Å². The van der Waals surface area contributed by atoms with Crippen LogP contribution in [0.1, 0.15) is 22.8 Å². The third-order valence-electron chi connectivity index (χ3n) is 4.30. The maximum absolute atomic E-state index is 12.6. The number of phenolic OH excluding ortho intramolecular Hbond substituents is 1. The Kier molecular flexibility index (Phi) is 5.23. The summed E-state index contributed by atoms with van der Waals surface area (Å²) in [6.45, 7) is 2.08. The van der Waals surface area contributed by atoms with Crippen LogP contribution in [0.5, 0.6) is 5.75 Å². The molecule has 2 aromatic heterocycles. The second-order valence-corrected chi connectivity index (χ2v) is 7.81. The molecule has 2 aromatic carbocycles. The van der Waals surface area contributed by atoms with E-state index < -0.39 is 0 Å². The number of carbonyl (C=O) groups excluding carboxylic acids is 1. The molecule has 4 nitrogen and oxygen atoms in total. The lowest BCUT2D eigenvalue weighted by Crippen LogP contribution is -2.04. The molecule has 140 valence electrons. The molecule has 0 aliphatic rings. The van der Waals surface area contributed by atoms with E-state index in [0.29, 0.717) is 22.7 Å². The van der Waals surface area contributed by atoms with Gasteiger partial charge in [-0.15, -0.1) is 22.7 Å². The molecule has 0 bridgehead atoms. The minimum absolute atomic E-state index is 0.148. The summed E-state index contributed by atoms with van der Waals surface area (Å²) in [7, 11) is 0. The molecule has 0 spiro atoms. The number of hydrogen-bond donors (Lipinski definition) is 1. The highest BCUT2D eigenvalue weighted by atomic mass is 32.1. The Balaban J connectivity index is 1.81. The quantitative estimate of drug-likeness (QED) is 0.314. The fourth-order valence-corrected chi connectivity index (χ4v) is 4.72. The fraction of sp³-hybridized carbons (Fsp3) is 0.0909. The average Bonchev–Trinajstić information content (AvgIpc) is 3.37. The van der Waals surface area contributed by atoms with Crippen LogP contribution < -0.4 is 0 Å². The van der Waals surface area contributed by atoms with Crippen LogP contribution in [-0.4, -0.2) is 23.9 Å². The predicted molar refractivity (Wildman–Crippen MR) is 116 cm³/mol. The topological polar surface area (TPSA) is 58.9 Å². The molecule has 0 aliphatic heterocycles. The number of esters is 1. The van der Waals surface area contributed by atoms with E-state index >= 15 is 0 Å². The van der Waals surface area contributed by atoms with Crippen molar-refractivity contribution in [2.75, 3.05) is 6.61 Å². The Morgan fingerprint density at radius 3 is 2.79 bits per heavy atom. The van der Waals surface area contributed by atoms with Gasteiger partial charge in [-0.1, -0.05) is 36.4 Å². The van der Waals surface area contributed by atoms with Crippen LogP contribution in [0.3, 0.4) is 0 Å². The Morgan fingerprint density at radius 2 is 2.00 bits per heavy atom. The molecule has 6 heteroatoms. The normalized spacial score (nSPS) is 11.3. The van der Waals surface area contributed by atoms with Crippen molar-refractivity contribution in [1.82, 2.24) is 0 Å². The minimum atomic E-state index is -0.388. The lowest BCUT2D eigenvalue weighted by atomic mass is 10.0. The lowest BCUT2D eigenvalue weighted by Gasteiger charge is -2.06. The molecule has 0 radical (unpaired) electrons. The van der Waals surface area contributed by atoms with Crippen molar-refractivity contribution < 1.29 is 14.6 Å². The van der Waals surface area contributed by atoms with Crippen LogP contribution in [0.2, 0.25) is 0 Å². The molecular formula is C22H17NO3S2. The van der Waals surface area contributed by atoms with Crippen LogP contribution in [0.4, 0.5) is 5.00 Å². The Hall–Kier alpha value is -2.96. The zero-order valence-corrected chi connectivity index (χ0v) is 16.7. The summed E-state index contributed by atoms with van der Waals surface area (Å²) in [5.74, 6) is -0.239. The zero-order chi connectivity index (χ0) is 19.5. The smallest absolute Gasteiger partial charge is 0.341 e. The first-order valence-electron chi connectivity index (χ1n) is 8.76. The summed E-state index contributed by atoms with van der Waals surface area (Å²) in [4.78, 5) is 18.2. The number of aromatic hydroxyl groups is 1. The van der Waals surface area contributed by atoms with Crippen molar-refractivity contribution in [2.45, 2.75) is 6.92 Å². The maximum Gasteiger partial charge on any atom is 0.341 e. The number of ether oxygens (including phenoxy) is 1. The largest absolute Gasteiger partial charge is 0.507 e. The van der Waals surface area contributed by atoms with E-state index in [1.165, 1.54) is 11.3 Å². The third-order valence-corrected chi connectivity index (χ3v) is 6.09. The van der Waals surface area contributed by atoms with Gasteiger partial charge in [0.05, 0.1) is 6.61 Å². The molecule has 0 fully saturated rings. The molecule has 28 heavy (non-hydrogen) atoms. The van der Waals surface area contributed by atoms with Crippen LogP contribution in [0, 0.1) is 0 Å². The summed E-state index contributed by atoms with van der Waals surface area (Å²) >= 11 is 2.95. The van der Waals surface area contributed by atoms with Gasteiger partial charge in [0.2, 0.25) is 0 Å². The summed E-state index contributed by atoms with van der Waals surface area (Å²) < 4.78 is 5.26. The van der Waals surface area contributed by atoms with Crippen LogP contribution in [-0.2, 0) is 4.74 Å². The molecule has 4 aromatic rings. The summed E-state index contributed by atoms with van der Waals surface area (Å²) in [5, 5.41) is 16.7. The van der Waals surface area contributed by atoms with Crippen molar-refractivity contribution in [2.24, 2.45) is 4.99 Å². The minimum Gasteiger partial charge on any atom is -0.507 e. The molecule has 1 N–H and O–H groups in total. The second-order valence-electron chi connectivity index (χ2n) is 6.00. The van der Waals surface area contributed by atoms with Crippen LogP contribution >= 0.6 is 22.7 Å². The van der Waals surface area contributed by atoms with Gasteiger partial charge in [-0.25, -0.2) is 9.79 Å². The van der Waals surface area contributed by atoms with Crippen molar-refractivity contribution in [3.05, 3.63) is 70.4 Å². The number of benzene rings is 2. The second kappa shape index (κ2) is 7.96. The van der Waals surface area contributed by atoms with E-state index in [-0.39, 0.29) is 11.7 Å². The average molecular weight is 408 g/mol. The SMILES string of the molecule is CCOC(=O)c1c(-c2cccs2)csc1N=Cc1c(O)ccc2ccccc12. The summed E-state index contributed by atoms with van der Waals surface area (Å²) in [5.41, 5.74) is 1.91. The van der Waals surface area contributed by atoms with Crippen molar-refractivity contribution >= 4 is 50.6 Å². The number of hydrogen-bond acceptors (Lipinski definition) is 6. The molecule has 0 unspecified atom stereocenters. The summed E-state index contributed by atoms with van der Waals surface area (Å²) in [6, 6.07) is 15.2. The van der Waals surface area contributed by atoms with Gasteiger partial charge in [0.25, 0.3) is 0 Å². The zero-order valence-electron chi connectivity index (χ0n) is 15.1. The van der Waals surface area contributed by atoms with E-state index in [2.05, 4.69) is 4.99 Å². The summed E-state index contributed by atoms with van der Waals surface area (Å²) in [6.07, 6.45) is 1.62. The number of rotatable bonds is 5. The van der Waals surface area contributed by atoms with E-state index in [1.54, 1.807) is 30.5 Å². The van der Waals surface area contributed by atoms with Gasteiger partial charge in [0.15, 0.2) is 0 Å². The predicted octanol–water partition coefficient (Wildman–Crippen LogP) is 6.26. The molecule has 0 aliphatic carbocycles. The highest BCUT2D eigenvalue weighted by Gasteiger charge is 2.21. The first-order chi connectivity index (χ1) is 13.7. The van der Waals surface area contributed by atoms with Gasteiger partial charge in [0, 0.05) is 27.6 Å². The monoisotopic (exact) mass is 407 g/mol. The van der Waals surface area contributed by atoms with E-state index in [4.69, 9.17) is 4.74 Å². The first-order valence-corrected chi connectivity index (χ1v) is 10.5. The molecule has 0 saturated carbocycles. The van der Waals surface area contributed by atoms with Gasteiger partial charge in [0.1, 0.15) is 16.3 Å². The fourth-order valence-electron chi connectivity index (χ4n) is 3.00. The Labute approximate surface area is 170 Å². The highest BCUT2D eigenvalue weighted by molar-refractivity contribution is 7.16. The highest BCUT2D eigenvalue weighted by Crippen LogP contribution is 2.40. The van der Waals surface area contributed by atoms with E-state index in [1.807, 2.05) is 53.2 Å². The molecular weight excluding hydrogens is 390 g/mol. The number of fused-ring (bicyclic) bond motifs is 1. The Morgan fingerprint density at radius 1 is 1.14 bits per heavy atom. The van der Waals surface area contributed by atoms with Gasteiger partial charge >= 0.3 is 5.97 Å². The van der Waals surface area contributed by atoms with E-state index in [9.17, 15) is 9.90 Å². The van der Waals surface area contributed by atoms with Crippen molar-refractivity contribution in [3.8, 4) is 16.2 Å². The Bertz CT molecular complexity index is 1160. The number of carbonyl (C=O) groups is 1. The van der Waals surface area contributed by atoms with Gasteiger partial charge < -0.3 is 9.84 Å². The number of aliphatic imine (C=N–C) groups is 1. The molecule has 2 heterocycles. The molecule has 0 amide bonds. The number of nitrogens with zero attached hydrogens (tertiary/aromatic N) is 1. The van der Waals surface area contributed by atoms with Crippen LogP contribution in [0.15, 0.2) is 64.3 Å².